The van der Waals surface area contributed by atoms with E-state index in [1.165, 1.54) is 7.11 Å². The highest BCUT2D eigenvalue weighted by atomic mass is 16.5. The average molecular weight is 206 g/mol. The maximum atomic E-state index is 11.1. The van der Waals surface area contributed by atoms with Gasteiger partial charge in [0.1, 0.15) is 6.10 Å². The molecule has 0 aliphatic carbocycles. The quantitative estimate of drug-likeness (QED) is 0.605. The van der Waals surface area contributed by atoms with Crippen LogP contribution in [-0.4, -0.2) is 18.2 Å². The summed E-state index contributed by atoms with van der Waals surface area (Å²) in [6, 6.07) is 7.24. The fraction of sp³-hybridized carbons (Fsp3) is 0.250. The third-order valence-electron chi connectivity index (χ3n) is 2.17. The third-order valence-corrected chi connectivity index (χ3v) is 2.17. The van der Waals surface area contributed by atoms with E-state index in [9.17, 15) is 9.90 Å². The van der Waals surface area contributed by atoms with Gasteiger partial charge >= 0.3 is 5.97 Å². The van der Waals surface area contributed by atoms with E-state index < -0.39 is 12.1 Å². The third kappa shape index (κ3) is 2.67. The van der Waals surface area contributed by atoms with E-state index in [1.54, 1.807) is 12.1 Å². The monoisotopic (exact) mass is 206 g/mol. The van der Waals surface area contributed by atoms with Crippen molar-refractivity contribution in [1.82, 2.24) is 0 Å². The molecule has 0 aliphatic rings. The second-order valence-electron chi connectivity index (χ2n) is 3.33. The first-order valence-electron chi connectivity index (χ1n) is 4.58. The number of hydrogen-bond donors (Lipinski definition) is 1. The highest BCUT2D eigenvalue weighted by Crippen LogP contribution is 2.21. The van der Waals surface area contributed by atoms with E-state index >= 15 is 0 Å². The number of aliphatic hydroxyl groups is 1. The molecular weight excluding hydrogens is 192 g/mol. The van der Waals surface area contributed by atoms with Gasteiger partial charge in [0, 0.05) is 0 Å². The van der Waals surface area contributed by atoms with Crippen molar-refractivity contribution in [3.63, 3.8) is 0 Å². The van der Waals surface area contributed by atoms with Crippen molar-refractivity contribution in [2.45, 2.75) is 13.0 Å². The molecule has 0 saturated carbocycles. The van der Waals surface area contributed by atoms with Gasteiger partial charge in [-0.05, 0) is 12.5 Å². The zero-order valence-electron chi connectivity index (χ0n) is 8.86. The highest BCUT2D eigenvalue weighted by Gasteiger charge is 2.18. The largest absolute Gasteiger partial charge is 0.466 e. The van der Waals surface area contributed by atoms with Crippen molar-refractivity contribution in [2.24, 2.45) is 0 Å². The Morgan fingerprint density at radius 3 is 2.40 bits per heavy atom. The molecule has 0 spiro atoms. The smallest absolute Gasteiger partial charge is 0.336 e. The Morgan fingerprint density at radius 1 is 1.40 bits per heavy atom. The summed E-state index contributed by atoms with van der Waals surface area (Å²) in [6.07, 6.45) is -1.00. The molecule has 3 heteroatoms. The van der Waals surface area contributed by atoms with Crippen LogP contribution in [0.2, 0.25) is 0 Å². The van der Waals surface area contributed by atoms with Crippen molar-refractivity contribution in [1.29, 1.82) is 0 Å². The van der Waals surface area contributed by atoms with Crippen molar-refractivity contribution in [3.05, 3.63) is 47.5 Å². The normalized spacial score (nSPS) is 11.9. The van der Waals surface area contributed by atoms with Crippen LogP contribution in [0.3, 0.4) is 0 Å². The van der Waals surface area contributed by atoms with E-state index in [4.69, 9.17) is 0 Å². The van der Waals surface area contributed by atoms with E-state index in [0.29, 0.717) is 5.56 Å². The molecule has 0 saturated heterocycles. The lowest BCUT2D eigenvalue weighted by Crippen LogP contribution is -2.11. The number of carbonyl (C=O) groups is 1. The molecule has 1 aromatic carbocycles. The van der Waals surface area contributed by atoms with Crippen molar-refractivity contribution >= 4 is 5.97 Å². The first-order chi connectivity index (χ1) is 7.06. The minimum Gasteiger partial charge on any atom is -0.466 e. The van der Waals surface area contributed by atoms with Crippen LogP contribution in [0.15, 0.2) is 36.4 Å². The molecule has 0 fully saturated rings. The number of aryl methyl sites for hydroxylation is 1. The Balaban J connectivity index is 2.85. The standard InChI is InChI=1S/C12H14O3/c1-8-4-6-10(7-5-8)11(13)9(2)12(14)15-3/h4-7,11,13H,2H2,1,3H3. The van der Waals surface area contributed by atoms with Crippen LogP contribution >= 0.6 is 0 Å². The second-order valence-corrected chi connectivity index (χ2v) is 3.33. The van der Waals surface area contributed by atoms with Crippen LogP contribution in [-0.2, 0) is 9.53 Å². The summed E-state index contributed by atoms with van der Waals surface area (Å²) in [7, 11) is 1.26. The lowest BCUT2D eigenvalue weighted by molar-refractivity contribution is -0.137. The molecule has 1 rings (SSSR count). The first kappa shape index (κ1) is 11.5. The van der Waals surface area contributed by atoms with Gasteiger partial charge in [0.05, 0.1) is 12.7 Å². The first-order valence-corrected chi connectivity index (χ1v) is 4.58. The fourth-order valence-electron chi connectivity index (χ4n) is 1.19. The molecule has 3 nitrogen and oxygen atoms in total. The Morgan fingerprint density at radius 2 is 1.93 bits per heavy atom. The van der Waals surface area contributed by atoms with E-state index in [2.05, 4.69) is 11.3 Å². The molecule has 1 aromatic rings. The molecule has 80 valence electrons. The summed E-state index contributed by atoms with van der Waals surface area (Å²) >= 11 is 0. The van der Waals surface area contributed by atoms with E-state index in [1.807, 2.05) is 19.1 Å². The van der Waals surface area contributed by atoms with Crippen LogP contribution in [0.1, 0.15) is 17.2 Å². The van der Waals surface area contributed by atoms with Crippen molar-refractivity contribution in [3.8, 4) is 0 Å². The summed E-state index contributed by atoms with van der Waals surface area (Å²) < 4.78 is 4.48. The topological polar surface area (TPSA) is 46.5 Å². The zero-order valence-corrected chi connectivity index (χ0v) is 8.86. The highest BCUT2D eigenvalue weighted by molar-refractivity contribution is 5.88. The predicted molar refractivity (Wildman–Crippen MR) is 57.3 cm³/mol. The number of esters is 1. The van der Waals surface area contributed by atoms with Gasteiger partial charge < -0.3 is 9.84 Å². The molecular formula is C12H14O3. The molecule has 0 aromatic heterocycles. The molecule has 0 amide bonds. The predicted octanol–water partition coefficient (Wildman–Crippen LogP) is 1.76. The van der Waals surface area contributed by atoms with Gasteiger partial charge in [-0.3, -0.25) is 0 Å². The fourth-order valence-corrected chi connectivity index (χ4v) is 1.19. The molecule has 0 radical (unpaired) electrons. The minimum atomic E-state index is -1.00. The number of hydrogen-bond acceptors (Lipinski definition) is 3. The summed E-state index contributed by atoms with van der Waals surface area (Å²) in [4.78, 5) is 11.1. The van der Waals surface area contributed by atoms with Crippen LogP contribution in [0.25, 0.3) is 0 Å². The Bertz CT molecular complexity index is 365. The number of benzene rings is 1. The Kier molecular flexibility index (Phi) is 3.63. The van der Waals surface area contributed by atoms with E-state index in [-0.39, 0.29) is 5.57 Å². The van der Waals surface area contributed by atoms with Crippen LogP contribution in [0, 0.1) is 6.92 Å². The summed E-state index contributed by atoms with van der Waals surface area (Å²) in [5.41, 5.74) is 1.77. The SMILES string of the molecule is C=C(C(=O)OC)C(O)c1ccc(C)cc1. The molecule has 1 atom stereocenters. The summed E-state index contributed by atoms with van der Waals surface area (Å²) in [6.45, 7) is 5.45. The van der Waals surface area contributed by atoms with Crippen LogP contribution in [0.4, 0.5) is 0 Å². The van der Waals surface area contributed by atoms with Crippen LogP contribution < -0.4 is 0 Å². The van der Waals surface area contributed by atoms with Gasteiger partial charge in [0.15, 0.2) is 0 Å². The number of ether oxygens (including phenoxy) is 1. The Hall–Kier alpha value is -1.61. The van der Waals surface area contributed by atoms with Gasteiger partial charge in [0.25, 0.3) is 0 Å². The molecule has 0 heterocycles. The lowest BCUT2D eigenvalue weighted by Gasteiger charge is -2.12. The number of aliphatic hydroxyl groups excluding tert-OH is 1. The average Bonchev–Trinajstić information content (AvgIpc) is 2.27. The van der Waals surface area contributed by atoms with Crippen LogP contribution in [0.5, 0.6) is 0 Å². The second kappa shape index (κ2) is 4.75. The zero-order chi connectivity index (χ0) is 11.4. The maximum Gasteiger partial charge on any atom is 0.336 e. The van der Waals surface area contributed by atoms with Gasteiger partial charge in [-0.1, -0.05) is 36.4 Å². The van der Waals surface area contributed by atoms with Gasteiger partial charge in [-0.25, -0.2) is 4.79 Å². The van der Waals surface area contributed by atoms with Gasteiger partial charge in [-0.2, -0.15) is 0 Å². The Labute approximate surface area is 89.0 Å². The van der Waals surface area contributed by atoms with E-state index in [0.717, 1.165) is 5.56 Å². The molecule has 15 heavy (non-hydrogen) atoms. The van der Waals surface area contributed by atoms with Gasteiger partial charge in [0.2, 0.25) is 0 Å². The van der Waals surface area contributed by atoms with Crippen molar-refractivity contribution < 1.29 is 14.6 Å². The molecule has 1 unspecified atom stereocenters. The molecule has 0 bridgehead atoms. The van der Waals surface area contributed by atoms with Gasteiger partial charge in [-0.15, -0.1) is 0 Å². The lowest BCUT2D eigenvalue weighted by atomic mass is 10.0. The number of methoxy groups -OCH3 is 1. The molecule has 1 N–H and O–H groups in total. The minimum absolute atomic E-state index is 0.0429. The summed E-state index contributed by atoms with van der Waals surface area (Å²) in [5, 5.41) is 9.78. The number of rotatable bonds is 3. The summed E-state index contributed by atoms with van der Waals surface area (Å²) in [5.74, 6) is -0.594. The number of carbonyl (C=O) groups excluding carboxylic acids is 1. The molecule has 0 aliphatic heterocycles. The van der Waals surface area contributed by atoms with Crippen molar-refractivity contribution in [2.75, 3.05) is 7.11 Å². The maximum absolute atomic E-state index is 11.1.